The molecular formula is C18H15BFN5O4S. The third kappa shape index (κ3) is 3.72. The van der Waals surface area contributed by atoms with E-state index in [1.165, 1.54) is 18.2 Å². The average Bonchev–Trinajstić information content (AvgIpc) is 2.74. The summed E-state index contributed by atoms with van der Waals surface area (Å²) in [7, 11) is 7.76. The summed E-state index contributed by atoms with van der Waals surface area (Å²) in [5.41, 5.74) is -1.28. The molecule has 30 heavy (non-hydrogen) atoms. The number of phenols is 2. The van der Waals surface area contributed by atoms with Crippen molar-refractivity contribution in [2.45, 2.75) is 6.92 Å². The Balaban J connectivity index is 2.15. The average molecular weight is 427 g/mol. The van der Waals surface area contributed by atoms with Gasteiger partial charge in [-0.25, -0.2) is 13.7 Å². The number of fused-ring (bicyclic) bond motifs is 1. The molecule has 3 rings (SSSR count). The fourth-order valence-electron chi connectivity index (χ4n) is 2.54. The number of hydrogen-bond donors (Lipinski definition) is 4. The molecule has 2 radical (unpaired) electrons. The van der Waals surface area contributed by atoms with Gasteiger partial charge in [-0.3, -0.25) is 4.79 Å². The van der Waals surface area contributed by atoms with Crippen LogP contribution in [0.15, 0.2) is 23.3 Å². The second-order valence-electron chi connectivity index (χ2n) is 6.05. The molecule has 0 bridgehead atoms. The molecular weight excluding hydrogens is 412 g/mol. The van der Waals surface area contributed by atoms with Gasteiger partial charge in [0.15, 0.2) is 23.1 Å². The minimum Gasteiger partial charge on any atom is -0.503 e. The van der Waals surface area contributed by atoms with Gasteiger partial charge in [-0.1, -0.05) is 6.92 Å². The van der Waals surface area contributed by atoms with Crippen molar-refractivity contribution >= 4 is 42.0 Å². The van der Waals surface area contributed by atoms with Crippen molar-refractivity contribution in [2.75, 3.05) is 18.3 Å². The summed E-state index contributed by atoms with van der Waals surface area (Å²) in [6.07, 6.45) is 1.03. The van der Waals surface area contributed by atoms with Crippen molar-refractivity contribution < 1.29 is 19.3 Å². The summed E-state index contributed by atoms with van der Waals surface area (Å²) in [4.78, 5) is 18.2. The number of nitrogens with one attached hydrogen (secondary N) is 2. The SMILES string of the molecule is [B]c1c(Oc2c(F)ccc(NSN(C)CC)c2C#N)c(O)c(O)c2nc[nH]c(=O)c12. The van der Waals surface area contributed by atoms with Crippen molar-refractivity contribution in [3.63, 3.8) is 0 Å². The number of rotatable bonds is 6. The Kier molecular flexibility index (Phi) is 6.05. The van der Waals surface area contributed by atoms with Gasteiger partial charge in [-0.05, 0) is 24.6 Å². The van der Waals surface area contributed by atoms with E-state index in [1.54, 1.807) is 0 Å². The van der Waals surface area contributed by atoms with E-state index in [4.69, 9.17) is 12.6 Å². The first kappa shape index (κ1) is 21.3. The van der Waals surface area contributed by atoms with Gasteiger partial charge in [0.05, 0.1) is 17.4 Å². The van der Waals surface area contributed by atoms with Crippen LogP contribution in [0.5, 0.6) is 23.0 Å². The first-order valence-corrected chi connectivity index (χ1v) is 9.32. The first-order chi connectivity index (χ1) is 14.3. The lowest BCUT2D eigenvalue weighted by molar-refractivity contribution is 0.370. The van der Waals surface area contributed by atoms with Crippen LogP contribution in [-0.4, -0.2) is 45.9 Å². The minimum atomic E-state index is -0.913. The molecule has 0 amide bonds. The lowest BCUT2D eigenvalue weighted by Gasteiger charge is -2.18. The van der Waals surface area contributed by atoms with Crippen molar-refractivity contribution in [3.8, 4) is 29.1 Å². The van der Waals surface area contributed by atoms with E-state index in [9.17, 15) is 24.7 Å². The van der Waals surface area contributed by atoms with Crippen LogP contribution in [0.1, 0.15) is 12.5 Å². The number of nitrogens with zero attached hydrogens (tertiary/aromatic N) is 3. The summed E-state index contributed by atoms with van der Waals surface area (Å²) >= 11 is 1.18. The normalized spacial score (nSPS) is 10.9. The van der Waals surface area contributed by atoms with Crippen molar-refractivity contribution in [1.82, 2.24) is 14.3 Å². The maximum absolute atomic E-state index is 14.5. The van der Waals surface area contributed by atoms with Crippen LogP contribution >= 0.6 is 12.1 Å². The Bertz CT molecular complexity index is 1230. The van der Waals surface area contributed by atoms with Crippen LogP contribution in [0, 0.1) is 17.1 Å². The van der Waals surface area contributed by atoms with Crippen LogP contribution < -0.4 is 20.5 Å². The molecule has 2 aromatic carbocycles. The topological polar surface area (TPSA) is 134 Å². The van der Waals surface area contributed by atoms with Crippen molar-refractivity contribution in [2.24, 2.45) is 0 Å². The quantitative estimate of drug-likeness (QED) is 0.264. The molecule has 0 fully saturated rings. The van der Waals surface area contributed by atoms with E-state index in [2.05, 4.69) is 14.7 Å². The molecule has 9 nitrogen and oxygen atoms in total. The fraction of sp³-hybridized carbons (Fsp3) is 0.167. The van der Waals surface area contributed by atoms with Gasteiger partial charge in [0.2, 0.25) is 5.75 Å². The number of phenolic OH excluding ortho intramolecular Hbond substituents is 2. The summed E-state index contributed by atoms with van der Waals surface area (Å²) in [5, 5.41) is 29.8. The number of nitriles is 1. The number of hydrogen-bond acceptors (Lipinski definition) is 9. The second-order valence-corrected chi connectivity index (χ2v) is 7.06. The zero-order valence-corrected chi connectivity index (χ0v) is 16.7. The highest BCUT2D eigenvalue weighted by Crippen LogP contribution is 2.42. The van der Waals surface area contributed by atoms with Gasteiger partial charge >= 0.3 is 0 Å². The van der Waals surface area contributed by atoms with Gasteiger partial charge < -0.3 is 24.7 Å². The third-order valence-corrected chi connectivity index (χ3v) is 5.09. The Morgan fingerprint density at radius 1 is 1.40 bits per heavy atom. The number of aromatic amines is 1. The molecule has 0 spiro atoms. The molecule has 0 aliphatic carbocycles. The van der Waals surface area contributed by atoms with Gasteiger partial charge in [0.1, 0.15) is 25.0 Å². The van der Waals surface area contributed by atoms with Crippen LogP contribution in [0.2, 0.25) is 0 Å². The van der Waals surface area contributed by atoms with Gasteiger partial charge in [0, 0.05) is 18.7 Å². The predicted molar refractivity (Wildman–Crippen MR) is 112 cm³/mol. The van der Waals surface area contributed by atoms with E-state index in [1.807, 2.05) is 24.3 Å². The zero-order chi connectivity index (χ0) is 22.0. The molecule has 0 unspecified atom stereocenters. The van der Waals surface area contributed by atoms with E-state index < -0.39 is 34.4 Å². The summed E-state index contributed by atoms with van der Waals surface area (Å²) in [6, 6.07) is 4.26. The molecule has 0 atom stereocenters. The van der Waals surface area contributed by atoms with Crippen molar-refractivity contribution in [1.29, 1.82) is 5.26 Å². The molecule has 12 heteroatoms. The van der Waals surface area contributed by atoms with Crippen molar-refractivity contribution in [3.05, 3.63) is 40.2 Å². The Morgan fingerprint density at radius 2 is 2.13 bits per heavy atom. The second kappa shape index (κ2) is 8.52. The molecule has 1 aromatic heterocycles. The minimum absolute atomic E-state index is 0.203. The Hall–Kier alpha value is -3.43. The van der Waals surface area contributed by atoms with E-state index in [0.717, 1.165) is 12.4 Å². The third-order valence-electron chi connectivity index (χ3n) is 4.21. The number of halogens is 1. The fourth-order valence-corrected chi connectivity index (χ4v) is 3.09. The highest BCUT2D eigenvalue weighted by molar-refractivity contribution is 7.98. The molecule has 0 aliphatic heterocycles. The Labute approximate surface area is 175 Å². The zero-order valence-electron chi connectivity index (χ0n) is 15.9. The highest BCUT2D eigenvalue weighted by atomic mass is 32.2. The molecule has 152 valence electrons. The number of anilines is 1. The smallest absolute Gasteiger partial charge is 0.258 e. The standard InChI is InChI=1S/C18H15BFN5O4S/c1-3-25(2)30-24-10-5-4-9(20)16(8(10)6-21)29-17-12(19)11-13(14(26)15(17)27)22-7-23-18(11)28/h4-5,7,24,26-27H,3H2,1-2H3,(H,22,23,28). The lowest BCUT2D eigenvalue weighted by atomic mass is 9.90. The number of ether oxygens (including phenoxy) is 1. The number of aromatic hydroxyl groups is 2. The highest BCUT2D eigenvalue weighted by Gasteiger charge is 2.24. The molecule has 0 saturated heterocycles. The molecule has 1 heterocycles. The molecule has 0 saturated carbocycles. The molecule has 3 aromatic rings. The largest absolute Gasteiger partial charge is 0.503 e. The van der Waals surface area contributed by atoms with E-state index in [-0.39, 0.29) is 27.6 Å². The first-order valence-electron chi connectivity index (χ1n) is 8.55. The van der Waals surface area contributed by atoms with Crippen LogP contribution in [0.4, 0.5) is 10.1 Å². The number of benzene rings is 2. The monoisotopic (exact) mass is 427 g/mol. The summed E-state index contributed by atoms with van der Waals surface area (Å²) in [6.45, 7) is 2.63. The van der Waals surface area contributed by atoms with Crippen LogP contribution in [0.3, 0.4) is 0 Å². The van der Waals surface area contributed by atoms with Crippen LogP contribution in [-0.2, 0) is 0 Å². The van der Waals surface area contributed by atoms with E-state index >= 15 is 0 Å². The van der Waals surface area contributed by atoms with E-state index in [0.29, 0.717) is 6.54 Å². The van der Waals surface area contributed by atoms with Gasteiger partial charge in [0.25, 0.3) is 5.56 Å². The molecule has 4 N–H and O–H groups in total. The predicted octanol–water partition coefficient (Wildman–Crippen LogP) is 1.86. The Morgan fingerprint density at radius 3 is 2.80 bits per heavy atom. The van der Waals surface area contributed by atoms with Gasteiger partial charge in [-0.15, -0.1) is 0 Å². The summed E-state index contributed by atoms with van der Waals surface area (Å²) in [5.74, 6) is -3.65. The van der Waals surface area contributed by atoms with Crippen LogP contribution in [0.25, 0.3) is 10.9 Å². The lowest BCUT2D eigenvalue weighted by Crippen LogP contribution is -2.19. The molecule has 0 aliphatic rings. The van der Waals surface area contributed by atoms with Gasteiger partial charge in [-0.2, -0.15) is 5.26 Å². The maximum Gasteiger partial charge on any atom is 0.258 e. The number of aromatic nitrogens is 2. The summed E-state index contributed by atoms with van der Waals surface area (Å²) < 4.78 is 24.7. The maximum atomic E-state index is 14.5. The number of H-pyrrole nitrogens is 1.